The van der Waals surface area contributed by atoms with Crippen molar-refractivity contribution in [1.82, 2.24) is 4.90 Å². The number of phenols is 1. The molecule has 0 heterocycles. The molecule has 10 nitrogen and oxygen atoms in total. The van der Waals surface area contributed by atoms with Gasteiger partial charge in [-0.05, 0) is 63.5 Å². The molecule has 3 aliphatic carbocycles. The van der Waals surface area contributed by atoms with Crippen LogP contribution in [0.2, 0.25) is 0 Å². The van der Waals surface area contributed by atoms with Crippen LogP contribution in [-0.2, 0) is 20.8 Å². The van der Waals surface area contributed by atoms with Crippen LogP contribution >= 0.6 is 0 Å². The zero-order valence-electron chi connectivity index (χ0n) is 24.0. The topological polar surface area (TPSA) is 165 Å². The molecule has 10 heteroatoms. The van der Waals surface area contributed by atoms with E-state index in [4.69, 9.17) is 5.73 Å². The summed E-state index contributed by atoms with van der Waals surface area (Å²) in [6.07, 6.45) is 0.218. The van der Waals surface area contributed by atoms with Crippen molar-refractivity contribution >= 4 is 28.9 Å². The van der Waals surface area contributed by atoms with Crippen molar-refractivity contribution in [3.05, 3.63) is 75.1 Å². The van der Waals surface area contributed by atoms with Crippen LogP contribution in [0.3, 0.4) is 0 Å². The highest BCUT2D eigenvalue weighted by atomic mass is 16.3. The van der Waals surface area contributed by atoms with Crippen molar-refractivity contribution in [2.24, 2.45) is 17.6 Å². The SMILES string of the molecule is Cc1ccc(C#Cc2cc(N(C)C)c3c(c2O)C(O)=C2C(=O)[C@]4(O)C(O)=C(C(N)=O)C(=O)[C@H](N(C)C)[C@@H]4C[C@@H]2C3)cc1. The molecule has 3 aliphatic rings. The van der Waals surface area contributed by atoms with E-state index < -0.39 is 58.0 Å². The third-order valence-corrected chi connectivity index (χ3v) is 8.57. The van der Waals surface area contributed by atoms with Gasteiger partial charge < -0.3 is 31.1 Å². The molecule has 5 rings (SSSR count). The number of aliphatic hydroxyl groups excluding tert-OH is 2. The number of amides is 1. The number of carbonyl (C=O) groups is 3. The molecule has 1 amide bonds. The Morgan fingerprint density at radius 3 is 2.26 bits per heavy atom. The zero-order valence-corrected chi connectivity index (χ0v) is 24.0. The molecule has 0 aliphatic heterocycles. The number of likely N-dealkylation sites (N-methyl/N-ethyl adjacent to an activating group) is 1. The van der Waals surface area contributed by atoms with Gasteiger partial charge in [0.2, 0.25) is 5.78 Å². The Balaban J connectivity index is 1.72. The summed E-state index contributed by atoms with van der Waals surface area (Å²) in [6, 6.07) is 8.11. The molecular formula is C32H33N3O7. The van der Waals surface area contributed by atoms with Gasteiger partial charge in [0.05, 0.1) is 17.2 Å². The van der Waals surface area contributed by atoms with E-state index in [1.165, 1.54) is 4.90 Å². The number of aromatic hydroxyl groups is 1. The van der Waals surface area contributed by atoms with Crippen LogP contribution in [0, 0.1) is 30.6 Å². The van der Waals surface area contributed by atoms with Crippen LogP contribution in [-0.4, -0.2) is 82.6 Å². The number of aliphatic hydroxyl groups is 3. The summed E-state index contributed by atoms with van der Waals surface area (Å²) in [6.45, 7) is 1.96. The van der Waals surface area contributed by atoms with Crippen molar-refractivity contribution in [2.45, 2.75) is 31.4 Å². The van der Waals surface area contributed by atoms with E-state index >= 15 is 0 Å². The number of ketones is 2. The first-order chi connectivity index (χ1) is 19.7. The first-order valence-corrected chi connectivity index (χ1v) is 13.5. The largest absolute Gasteiger partial charge is 0.508 e. The Morgan fingerprint density at radius 2 is 1.69 bits per heavy atom. The average molecular weight is 572 g/mol. The van der Waals surface area contributed by atoms with Crippen molar-refractivity contribution in [1.29, 1.82) is 0 Å². The summed E-state index contributed by atoms with van der Waals surface area (Å²) in [5.41, 5.74) is 4.91. The summed E-state index contributed by atoms with van der Waals surface area (Å²) in [4.78, 5) is 42.8. The van der Waals surface area contributed by atoms with Crippen molar-refractivity contribution in [3.63, 3.8) is 0 Å². The van der Waals surface area contributed by atoms with Crippen LogP contribution in [0.15, 0.2) is 47.2 Å². The predicted molar refractivity (Wildman–Crippen MR) is 156 cm³/mol. The quantitative estimate of drug-likeness (QED) is 0.273. The summed E-state index contributed by atoms with van der Waals surface area (Å²) in [5.74, 6) is -0.924. The summed E-state index contributed by atoms with van der Waals surface area (Å²) >= 11 is 0. The van der Waals surface area contributed by atoms with Crippen LogP contribution in [0.5, 0.6) is 5.75 Å². The molecule has 42 heavy (non-hydrogen) atoms. The van der Waals surface area contributed by atoms with Crippen molar-refractivity contribution in [2.75, 3.05) is 33.1 Å². The molecule has 0 bridgehead atoms. The Bertz CT molecular complexity index is 1670. The molecular weight excluding hydrogens is 538 g/mol. The van der Waals surface area contributed by atoms with Crippen LogP contribution < -0.4 is 10.6 Å². The van der Waals surface area contributed by atoms with E-state index in [2.05, 4.69) is 11.8 Å². The Labute approximate surface area is 243 Å². The minimum absolute atomic E-state index is 0.00527. The number of anilines is 1. The van der Waals surface area contributed by atoms with Gasteiger partial charge in [-0.1, -0.05) is 29.5 Å². The number of Topliss-reactive ketones (excluding diaryl/α,β-unsaturated/α-hetero) is 2. The molecule has 2 aromatic rings. The highest BCUT2D eigenvalue weighted by Crippen LogP contribution is 2.54. The highest BCUT2D eigenvalue weighted by molar-refractivity contribution is 6.24. The second kappa shape index (κ2) is 10.0. The number of hydrogen-bond acceptors (Lipinski definition) is 9. The first-order valence-electron chi connectivity index (χ1n) is 13.5. The fraction of sp³-hybridized carbons (Fsp3) is 0.344. The minimum atomic E-state index is -2.69. The smallest absolute Gasteiger partial charge is 0.255 e. The normalized spacial score (nSPS) is 25.0. The summed E-state index contributed by atoms with van der Waals surface area (Å²) < 4.78 is 0. The first kappa shape index (κ1) is 28.9. The van der Waals surface area contributed by atoms with Gasteiger partial charge >= 0.3 is 0 Å². The number of primary amides is 1. The van der Waals surface area contributed by atoms with Crippen molar-refractivity contribution < 1.29 is 34.8 Å². The van der Waals surface area contributed by atoms with Gasteiger partial charge in [0.25, 0.3) is 5.91 Å². The predicted octanol–water partition coefficient (Wildman–Crippen LogP) is 1.74. The van der Waals surface area contributed by atoms with Crippen molar-refractivity contribution in [3.8, 4) is 17.6 Å². The fourth-order valence-electron chi connectivity index (χ4n) is 6.56. The van der Waals surface area contributed by atoms with E-state index in [1.807, 2.05) is 36.1 Å². The van der Waals surface area contributed by atoms with Gasteiger partial charge in [0.15, 0.2) is 11.4 Å². The monoisotopic (exact) mass is 571 g/mol. The van der Waals surface area contributed by atoms with E-state index in [9.17, 15) is 34.8 Å². The van der Waals surface area contributed by atoms with Gasteiger partial charge in [0, 0.05) is 36.8 Å². The lowest BCUT2D eigenvalue weighted by molar-refractivity contribution is -0.153. The number of carbonyl (C=O) groups excluding carboxylic acids is 3. The summed E-state index contributed by atoms with van der Waals surface area (Å²) in [5, 5.41) is 45.8. The molecule has 1 saturated carbocycles. The molecule has 2 aromatic carbocycles. The maximum atomic E-state index is 14.1. The molecule has 0 radical (unpaired) electrons. The summed E-state index contributed by atoms with van der Waals surface area (Å²) in [7, 11) is 6.74. The Hall–Kier alpha value is -4.59. The molecule has 0 saturated heterocycles. The second-order valence-corrected chi connectivity index (χ2v) is 11.6. The number of rotatable bonds is 3. The lowest BCUT2D eigenvalue weighted by atomic mass is 9.57. The number of hydrogen-bond donors (Lipinski definition) is 5. The number of aryl methyl sites for hydroxylation is 1. The van der Waals surface area contributed by atoms with Gasteiger partial charge in [-0.15, -0.1) is 0 Å². The lowest BCUT2D eigenvalue weighted by Gasteiger charge is -2.50. The lowest BCUT2D eigenvalue weighted by Crippen LogP contribution is -2.65. The van der Waals surface area contributed by atoms with E-state index in [-0.39, 0.29) is 35.3 Å². The van der Waals surface area contributed by atoms with E-state index in [1.54, 1.807) is 34.3 Å². The maximum Gasteiger partial charge on any atom is 0.255 e. The number of nitrogens with two attached hydrogens (primary N) is 1. The Kier molecular flexibility index (Phi) is 6.92. The van der Waals surface area contributed by atoms with Gasteiger partial charge in [-0.3, -0.25) is 19.3 Å². The molecule has 4 atom stereocenters. The third-order valence-electron chi connectivity index (χ3n) is 8.57. The van der Waals surface area contributed by atoms with Gasteiger partial charge in [-0.25, -0.2) is 0 Å². The highest BCUT2D eigenvalue weighted by Gasteiger charge is 2.64. The van der Waals surface area contributed by atoms with E-state index in [0.717, 1.165) is 11.1 Å². The van der Waals surface area contributed by atoms with E-state index in [0.29, 0.717) is 11.3 Å². The third kappa shape index (κ3) is 4.16. The standard InChI is InChI=1S/C32H33N3O7/c1-15-6-8-16(9-7-15)10-11-17-14-21(34(2)3)19-12-18-13-20-25(35(4)5)28(38)24(31(33)41)30(40)32(20,42)29(39)22(18)27(37)23(19)26(17)36/h6-9,14,18,20,25,36-37,40,42H,12-13H2,1-5H3,(H2,33,41)/t18-,20-,25+,32-/m0/s1. The minimum Gasteiger partial charge on any atom is -0.508 e. The molecule has 0 spiro atoms. The molecule has 218 valence electrons. The second-order valence-electron chi connectivity index (χ2n) is 11.6. The molecule has 1 fully saturated rings. The molecule has 0 unspecified atom stereocenters. The van der Waals surface area contributed by atoms with Gasteiger partial charge in [-0.2, -0.15) is 0 Å². The Morgan fingerprint density at radius 1 is 1.05 bits per heavy atom. The number of fused-ring (bicyclic) bond motifs is 3. The van der Waals surface area contributed by atoms with Gasteiger partial charge in [0.1, 0.15) is 22.8 Å². The van der Waals surface area contributed by atoms with Crippen LogP contribution in [0.4, 0.5) is 5.69 Å². The fourth-order valence-corrected chi connectivity index (χ4v) is 6.56. The maximum absolute atomic E-state index is 14.1. The number of benzene rings is 2. The molecule has 6 N–H and O–H groups in total. The van der Waals surface area contributed by atoms with Crippen LogP contribution in [0.1, 0.15) is 34.2 Å². The number of phenolic OH excluding ortho intramolecular Hbond substituents is 1. The van der Waals surface area contributed by atoms with Crippen LogP contribution in [0.25, 0.3) is 5.76 Å². The zero-order chi connectivity index (χ0) is 30.8. The molecule has 0 aromatic heterocycles. The number of nitrogens with zero attached hydrogens (tertiary/aromatic N) is 2. The average Bonchev–Trinajstić information content (AvgIpc) is 2.90.